The summed E-state index contributed by atoms with van der Waals surface area (Å²) in [4.78, 5) is 15.9. The van der Waals surface area contributed by atoms with E-state index in [1.165, 1.54) is 0 Å². The minimum absolute atomic E-state index is 0.0439. The Labute approximate surface area is 113 Å². The Morgan fingerprint density at radius 3 is 2.89 bits per heavy atom. The first-order valence-corrected chi connectivity index (χ1v) is 6.59. The molecule has 0 spiro atoms. The van der Waals surface area contributed by atoms with Crippen molar-refractivity contribution in [1.29, 1.82) is 0 Å². The molecule has 1 amide bonds. The molecule has 0 saturated carbocycles. The van der Waals surface area contributed by atoms with Gasteiger partial charge in [0.05, 0.1) is 13.2 Å². The molecular formula is C13H21N3O3. The zero-order valence-electron chi connectivity index (χ0n) is 11.3. The first-order valence-electron chi connectivity index (χ1n) is 6.59. The van der Waals surface area contributed by atoms with Gasteiger partial charge in [0.2, 0.25) is 0 Å². The zero-order valence-corrected chi connectivity index (χ0v) is 11.3. The van der Waals surface area contributed by atoms with Crippen LogP contribution in [-0.2, 0) is 6.54 Å². The van der Waals surface area contributed by atoms with E-state index in [0.29, 0.717) is 18.8 Å². The molecule has 1 aliphatic rings. The molecule has 0 aromatic carbocycles. The van der Waals surface area contributed by atoms with Gasteiger partial charge in [-0.05, 0) is 19.2 Å². The molecule has 0 unspecified atom stereocenters. The number of carbonyl (C=O) groups is 1. The quantitative estimate of drug-likeness (QED) is 0.770. The van der Waals surface area contributed by atoms with Gasteiger partial charge in [-0.1, -0.05) is 0 Å². The van der Waals surface area contributed by atoms with Gasteiger partial charge in [0.15, 0.2) is 5.76 Å². The number of rotatable bonds is 5. The summed E-state index contributed by atoms with van der Waals surface area (Å²) in [5, 5.41) is 12.1. The highest BCUT2D eigenvalue weighted by molar-refractivity contribution is 5.91. The maximum atomic E-state index is 12.2. The van der Waals surface area contributed by atoms with Gasteiger partial charge in [0, 0.05) is 32.7 Å². The predicted octanol–water partition coefficient (Wildman–Crippen LogP) is -0.251. The molecular weight excluding hydrogens is 246 g/mol. The van der Waals surface area contributed by atoms with Crippen LogP contribution < -0.4 is 5.32 Å². The summed E-state index contributed by atoms with van der Waals surface area (Å²) >= 11 is 0. The highest BCUT2D eigenvalue weighted by atomic mass is 16.4. The van der Waals surface area contributed by atoms with Crippen molar-refractivity contribution >= 4 is 5.91 Å². The molecule has 1 aliphatic heterocycles. The Kier molecular flexibility index (Phi) is 4.95. The van der Waals surface area contributed by atoms with E-state index in [0.717, 1.165) is 31.9 Å². The fourth-order valence-electron chi connectivity index (χ4n) is 2.12. The lowest BCUT2D eigenvalue weighted by Gasteiger charge is -2.26. The van der Waals surface area contributed by atoms with Gasteiger partial charge in [0.25, 0.3) is 5.91 Å². The molecule has 1 aromatic rings. The normalized spacial score (nSPS) is 16.1. The number of furan rings is 1. The Morgan fingerprint density at radius 2 is 2.21 bits per heavy atom. The summed E-state index contributed by atoms with van der Waals surface area (Å²) < 4.78 is 5.58. The van der Waals surface area contributed by atoms with Crippen LogP contribution in [0.25, 0.3) is 0 Å². The van der Waals surface area contributed by atoms with E-state index in [2.05, 4.69) is 5.32 Å². The highest BCUT2D eigenvalue weighted by Gasteiger charge is 2.20. The summed E-state index contributed by atoms with van der Waals surface area (Å²) in [5.74, 6) is 1.10. The number of nitrogens with zero attached hydrogens (tertiary/aromatic N) is 2. The molecule has 2 N–H and O–H groups in total. The van der Waals surface area contributed by atoms with Crippen molar-refractivity contribution in [2.45, 2.75) is 6.54 Å². The molecule has 19 heavy (non-hydrogen) atoms. The third kappa shape index (κ3) is 3.79. The van der Waals surface area contributed by atoms with Gasteiger partial charge in [-0.2, -0.15) is 0 Å². The molecule has 106 valence electrons. The van der Waals surface area contributed by atoms with Crippen LogP contribution in [-0.4, -0.2) is 67.2 Å². The fourth-order valence-corrected chi connectivity index (χ4v) is 2.12. The molecule has 2 heterocycles. The van der Waals surface area contributed by atoms with Crippen LogP contribution in [0.15, 0.2) is 16.5 Å². The smallest absolute Gasteiger partial charge is 0.289 e. The second-order valence-corrected chi connectivity index (χ2v) is 4.77. The average Bonchev–Trinajstić information content (AvgIpc) is 2.87. The fraction of sp³-hybridized carbons (Fsp3) is 0.615. The molecule has 1 fully saturated rings. The number of hydrogen-bond donors (Lipinski definition) is 2. The lowest BCUT2D eigenvalue weighted by atomic mass is 10.3. The van der Waals surface area contributed by atoms with Crippen molar-refractivity contribution in [3.8, 4) is 0 Å². The summed E-state index contributed by atoms with van der Waals surface area (Å²) in [6.45, 7) is 4.40. The van der Waals surface area contributed by atoms with Gasteiger partial charge in [0.1, 0.15) is 5.76 Å². The molecule has 1 aromatic heterocycles. The third-order valence-electron chi connectivity index (χ3n) is 3.18. The average molecular weight is 267 g/mol. The first kappa shape index (κ1) is 14.0. The van der Waals surface area contributed by atoms with Gasteiger partial charge < -0.3 is 19.7 Å². The number of aliphatic hydroxyl groups is 1. The van der Waals surface area contributed by atoms with E-state index in [4.69, 9.17) is 9.52 Å². The second kappa shape index (κ2) is 6.70. The molecule has 2 rings (SSSR count). The molecule has 1 saturated heterocycles. The number of likely N-dealkylation sites (N-methyl/N-ethyl adjacent to an activating group) is 1. The van der Waals surface area contributed by atoms with E-state index in [-0.39, 0.29) is 12.5 Å². The topological polar surface area (TPSA) is 69.0 Å². The van der Waals surface area contributed by atoms with Crippen molar-refractivity contribution in [3.63, 3.8) is 0 Å². The van der Waals surface area contributed by atoms with E-state index in [1.54, 1.807) is 11.0 Å². The largest absolute Gasteiger partial charge is 0.455 e. The van der Waals surface area contributed by atoms with Crippen LogP contribution >= 0.6 is 0 Å². The van der Waals surface area contributed by atoms with Crippen molar-refractivity contribution < 1.29 is 14.3 Å². The van der Waals surface area contributed by atoms with Crippen LogP contribution in [0.2, 0.25) is 0 Å². The SMILES string of the molecule is CN(CCO)Cc1ccc(C(=O)N2CCNCC2)o1. The number of piperazine rings is 1. The van der Waals surface area contributed by atoms with E-state index in [9.17, 15) is 4.79 Å². The van der Waals surface area contributed by atoms with Gasteiger partial charge in [-0.25, -0.2) is 0 Å². The summed E-state index contributed by atoms with van der Waals surface area (Å²) in [5.41, 5.74) is 0. The number of amides is 1. The van der Waals surface area contributed by atoms with Crippen LogP contribution in [0, 0.1) is 0 Å². The minimum Gasteiger partial charge on any atom is -0.455 e. The van der Waals surface area contributed by atoms with Crippen molar-refractivity contribution in [1.82, 2.24) is 15.1 Å². The van der Waals surface area contributed by atoms with Gasteiger partial charge >= 0.3 is 0 Å². The number of nitrogens with one attached hydrogen (secondary N) is 1. The lowest BCUT2D eigenvalue weighted by molar-refractivity contribution is 0.0700. The molecule has 6 heteroatoms. The van der Waals surface area contributed by atoms with Crippen LogP contribution in [0.5, 0.6) is 0 Å². The Balaban J connectivity index is 1.94. The summed E-state index contributed by atoms with van der Waals surface area (Å²) in [6.07, 6.45) is 0. The first-order chi connectivity index (χ1) is 9.20. The van der Waals surface area contributed by atoms with E-state index < -0.39 is 0 Å². The van der Waals surface area contributed by atoms with Crippen LogP contribution in [0.1, 0.15) is 16.3 Å². The highest BCUT2D eigenvalue weighted by Crippen LogP contribution is 2.12. The Morgan fingerprint density at radius 1 is 1.47 bits per heavy atom. The zero-order chi connectivity index (χ0) is 13.7. The maximum absolute atomic E-state index is 12.2. The Hall–Kier alpha value is -1.37. The third-order valence-corrected chi connectivity index (χ3v) is 3.18. The minimum atomic E-state index is -0.0439. The van der Waals surface area contributed by atoms with Crippen LogP contribution in [0.3, 0.4) is 0 Å². The molecule has 0 bridgehead atoms. The number of aliphatic hydroxyl groups excluding tert-OH is 1. The molecule has 6 nitrogen and oxygen atoms in total. The number of hydrogen-bond acceptors (Lipinski definition) is 5. The lowest BCUT2D eigenvalue weighted by Crippen LogP contribution is -2.46. The molecule has 0 atom stereocenters. The van der Waals surface area contributed by atoms with Crippen molar-refractivity contribution in [2.24, 2.45) is 0 Å². The van der Waals surface area contributed by atoms with Crippen molar-refractivity contribution in [3.05, 3.63) is 23.7 Å². The molecule has 0 radical (unpaired) electrons. The van der Waals surface area contributed by atoms with Crippen molar-refractivity contribution in [2.75, 3.05) is 46.4 Å². The summed E-state index contributed by atoms with van der Waals surface area (Å²) in [7, 11) is 1.90. The van der Waals surface area contributed by atoms with Crippen LogP contribution in [0.4, 0.5) is 0 Å². The predicted molar refractivity (Wildman–Crippen MR) is 70.9 cm³/mol. The second-order valence-electron chi connectivity index (χ2n) is 4.77. The monoisotopic (exact) mass is 267 g/mol. The maximum Gasteiger partial charge on any atom is 0.289 e. The Bertz CT molecular complexity index is 413. The van der Waals surface area contributed by atoms with Gasteiger partial charge in [-0.3, -0.25) is 9.69 Å². The summed E-state index contributed by atoms with van der Waals surface area (Å²) in [6, 6.07) is 3.55. The number of carbonyl (C=O) groups excluding carboxylic acids is 1. The van der Waals surface area contributed by atoms with Gasteiger partial charge in [-0.15, -0.1) is 0 Å². The van der Waals surface area contributed by atoms with E-state index in [1.807, 2.05) is 18.0 Å². The standard InChI is InChI=1S/C13H21N3O3/c1-15(8-9-17)10-11-2-3-12(19-11)13(18)16-6-4-14-5-7-16/h2-3,14,17H,4-10H2,1H3. The molecule has 0 aliphatic carbocycles. The van der Waals surface area contributed by atoms with E-state index >= 15 is 0 Å².